The Bertz CT molecular complexity index is 1740. The lowest BCUT2D eigenvalue weighted by Gasteiger charge is -2.51. The number of methoxy groups -OCH3 is 1. The summed E-state index contributed by atoms with van der Waals surface area (Å²) in [5.74, 6) is -0.506. The number of hydrogen-bond acceptors (Lipinski definition) is 7. The molecule has 222 valence electrons. The number of amides is 1. The first-order chi connectivity index (χ1) is 20.7. The Balaban J connectivity index is 1.52. The van der Waals surface area contributed by atoms with E-state index in [0.717, 1.165) is 5.56 Å². The van der Waals surface area contributed by atoms with Gasteiger partial charge in [-0.2, -0.15) is 4.90 Å². The van der Waals surface area contributed by atoms with Crippen LogP contribution in [0.2, 0.25) is 0 Å². The van der Waals surface area contributed by atoms with E-state index >= 15 is 8.78 Å². The van der Waals surface area contributed by atoms with Gasteiger partial charge in [-0.15, -0.1) is 0 Å². The smallest absolute Gasteiger partial charge is 0.295 e. The number of benzene rings is 1. The Morgan fingerprint density at radius 2 is 2.02 bits per heavy atom. The summed E-state index contributed by atoms with van der Waals surface area (Å²) in [4.78, 5) is 22.8. The molecule has 4 atom stereocenters. The zero-order valence-electron chi connectivity index (χ0n) is 24.3. The van der Waals surface area contributed by atoms with E-state index in [4.69, 9.17) is 9.47 Å². The lowest BCUT2D eigenvalue weighted by atomic mass is 9.92. The number of halogens is 2. The number of piperazine rings is 1. The van der Waals surface area contributed by atoms with Gasteiger partial charge in [0, 0.05) is 25.3 Å². The third-order valence-electron chi connectivity index (χ3n) is 9.03. The van der Waals surface area contributed by atoms with Gasteiger partial charge in [0.15, 0.2) is 23.0 Å². The van der Waals surface area contributed by atoms with Crippen LogP contribution in [0, 0.1) is 18.6 Å². The third-order valence-corrected chi connectivity index (χ3v) is 9.03. The molecular formula is C32H32F2N5O4+. The molecule has 1 N–H and O–H groups in total. The molecule has 0 bridgehead atoms. The number of nitrogens with zero attached hydrogens (tertiary/aromatic N) is 5. The minimum Gasteiger partial charge on any atom is -0.496 e. The second-order valence-electron chi connectivity index (χ2n) is 11.4. The average Bonchev–Trinajstić information content (AvgIpc) is 3.00. The minimum absolute atomic E-state index is 0.0144. The molecule has 9 nitrogen and oxygen atoms in total. The van der Waals surface area contributed by atoms with Gasteiger partial charge < -0.3 is 24.4 Å². The fourth-order valence-electron chi connectivity index (χ4n) is 7.08. The van der Waals surface area contributed by atoms with Gasteiger partial charge in [-0.25, -0.2) is 13.3 Å². The molecule has 6 heterocycles. The quantitative estimate of drug-likeness (QED) is 0.368. The SMILES string of the molecule is C=CC(=O)N1C[C@@H]2COC3=C(c4cc(F)c(-c5c(F)cccc5OC)[n+]5c4N(c4c(C)ccnc4C5C)C3O)N2C[C@H]1C. The molecule has 2 aromatic heterocycles. The molecule has 43 heavy (non-hydrogen) atoms. The van der Waals surface area contributed by atoms with Gasteiger partial charge in [0.2, 0.25) is 5.91 Å². The fourth-order valence-corrected chi connectivity index (χ4v) is 7.08. The highest BCUT2D eigenvalue weighted by molar-refractivity contribution is 5.88. The minimum atomic E-state index is -1.27. The number of hydrogen-bond donors (Lipinski definition) is 1. The van der Waals surface area contributed by atoms with Gasteiger partial charge >= 0.3 is 0 Å². The second kappa shape index (κ2) is 9.77. The van der Waals surface area contributed by atoms with Crippen LogP contribution in [0.3, 0.4) is 0 Å². The number of anilines is 2. The van der Waals surface area contributed by atoms with Crippen molar-refractivity contribution in [3.8, 4) is 17.0 Å². The van der Waals surface area contributed by atoms with E-state index in [0.29, 0.717) is 47.3 Å². The summed E-state index contributed by atoms with van der Waals surface area (Å²) in [5, 5.41) is 12.1. The largest absolute Gasteiger partial charge is 0.496 e. The van der Waals surface area contributed by atoms with Gasteiger partial charge in [-0.3, -0.25) is 9.78 Å². The van der Waals surface area contributed by atoms with Gasteiger partial charge in [0.1, 0.15) is 35.5 Å². The highest BCUT2D eigenvalue weighted by atomic mass is 19.1. The van der Waals surface area contributed by atoms with Gasteiger partial charge in [-0.05, 0) is 56.7 Å². The van der Waals surface area contributed by atoms with Crippen molar-refractivity contribution < 1.29 is 32.7 Å². The highest BCUT2D eigenvalue weighted by Crippen LogP contribution is 2.51. The molecule has 0 radical (unpaired) electrons. The molecular weight excluding hydrogens is 556 g/mol. The lowest BCUT2D eigenvalue weighted by molar-refractivity contribution is -0.691. The van der Waals surface area contributed by atoms with Crippen LogP contribution in [-0.2, 0) is 9.53 Å². The van der Waals surface area contributed by atoms with E-state index in [1.165, 1.54) is 31.4 Å². The van der Waals surface area contributed by atoms with Crippen molar-refractivity contribution in [2.24, 2.45) is 0 Å². The van der Waals surface area contributed by atoms with E-state index in [2.05, 4.69) is 16.5 Å². The number of fused-ring (bicyclic) bond motifs is 5. The Labute approximate surface area is 247 Å². The normalized spacial score (nSPS) is 23.6. The van der Waals surface area contributed by atoms with Crippen LogP contribution in [0.1, 0.15) is 36.7 Å². The Morgan fingerprint density at radius 3 is 2.77 bits per heavy atom. The van der Waals surface area contributed by atoms with Crippen LogP contribution in [-0.4, -0.2) is 70.9 Å². The second-order valence-corrected chi connectivity index (χ2v) is 11.4. The molecule has 1 amide bonds. The van der Waals surface area contributed by atoms with Crippen molar-refractivity contribution in [3.05, 3.63) is 83.4 Å². The van der Waals surface area contributed by atoms with Crippen molar-refractivity contribution in [3.63, 3.8) is 0 Å². The molecule has 2 unspecified atom stereocenters. The van der Waals surface area contributed by atoms with Crippen molar-refractivity contribution in [2.75, 3.05) is 31.7 Å². The fraction of sp³-hybridized carbons (Fsp3) is 0.344. The van der Waals surface area contributed by atoms with Gasteiger partial charge in [-0.1, -0.05) is 12.6 Å². The summed E-state index contributed by atoms with van der Waals surface area (Å²) < 4.78 is 45.7. The molecule has 1 fully saturated rings. The summed E-state index contributed by atoms with van der Waals surface area (Å²) >= 11 is 0. The average molecular weight is 589 g/mol. The van der Waals surface area contributed by atoms with Crippen molar-refractivity contribution in [1.29, 1.82) is 0 Å². The number of aliphatic hydroxyl groups is 1. The molecule has 0 spiro atoms. The summed E-state index contributed by atoms with van der Waals surface area (Å²) in [5.41, 5.74) is 3.18. The maximum Gasteiger partial charge on any atom is 0.295 e. The number of aryl methyl sites for hydroxylation is 1. The topological polar surface area (TPSA) is 82.2 Å². The lowest BCUT2D eigenvalue weighted by Crippen LogP contribution is -2.63. The molecule has 7 rings (SSSR count). The van der Waals surface area contributed by atoms with Crippen LogP contribution >= 0.6 is 0 Å². The predicted octanol–water partition coefficient (Wildman–Crippen LogP) is 3.81. The van der Waals surface area contributed by atoms with Crippen LogP contribution in [0.15, 0.2) is 54.9 Å². The number of carbonyl (C=O) groups excluding carboxylic acids is 1. The van der Waals surface area contributed by atoms with Crippen molar-refractivity contribution in [1.82, 2.24) is 14.8 Å². The van der Waals surface area contributed by atoms with Crippen molar-refractivity contribution in [2.45, 2.75) is 45.1 Å². The van der Waals surface area contributed by atoms with E-state index < -0.39 is 23.9 Å². The van der Waals surface area contributed by atoms with Crippen LogP contribution in [0.5, 0.6) is 5.75 Å². The Kier molecular flexibility index (Phi) is 6.21. The van der Waals surface area contributed by atoms with Gasteiger partial charge in [0.05, 0.1) is 24.4 Å². The Hall–Kier alpha value is -4.51. The van der Waals surface area contributed by atoms with Gasteiger partial charge in [0.25, 0.3) is 12.0 Å². The summed E-state index contributed by atoms with van der Waals surface area (Å²) in [6.07, 6.45) is 1.71. The molecule has 3 aromatic rings. The predicted molar refractivity (Wildman–Crippen MR) is 154 cm³/mol. The van der Waals surface area contributed by atoms with E-state index in [1.807, 2.05) is 26.8 Å². The van der Waals surface area contributed by atoms with Crippen LogP contribution in [0.4, 0.5) is 20.3 Å². The van der Waals surface area contributed by atoms with E-state index in [1.54, 1.807) is 26.6 Å². The molecule has 11 heteroatoms. The zero-order chi connectivity index (χ0) is 30.3. The molecule has 1 saturated heterocycles. The molecule has 0 saturated carbocycles. The van der Waals surface area contributed by atoms with Crippen LogP contribution < -0.4 is 14.2 Å². The number of pyridine rings is 2. The number of aromatic nitrogens is 2. The number of aliphatic hydroxyl groups excluding tert-OH is 1. The summed E-state index contributed by atoms with van der Waals surface area (Å²) in [6, 6.07) is 6.68. The molecule has 1 aromatic carbocycles. The molecule has 4 aliphatic heterocycles. The maximum absolute atomic E-state index is 16.7. The zero-order valence-corrected chi connectivity index (χ0v) is 24.3. The molecule has 0 aliphatic carbocycles. The third kappa shape index (κ3) is 3.73. The summed E-state index contributed by atoms with van der Waals surface area (Å²) in [6.45, 7) is 10.5. The maximum atomic E-state index is 16.7. The first-order valence-electron chi connectivity index (χ1n) is 14.3. The van der Waals surface area contributed by atoms with Crippen LogP contribution in [0.25, 0.3) is 17.0 Å². The number of carbonyl (C=O) groups is 1. The standard InChI is InChI=1S/C32H32F2N5O4/c1-6-24(40)36-14-19-15-43-30-28(37(19)13-17(36)3)20-12-22(34)29(25-21(33)8-7-9-23(25)42-5)38-18(4)26-27(16(2)10-11-35-26)39(31(20)38)32(30)41/h6-12,17-19,32,41H,1,13-15H2,2-5H3/q+1/t17-,18?,19-,32?/m1/s1. The number of ether oxygens (including phenoxy) is 2. The van der Waals surface area contributed by atoms with Crippen molar-refractivity contribution >= 4 is 23.1 Å². The van der Waals surface area contributed by atoms with E-state index in [-0.39, 0.29) is 41.6 Å². The number of rotatable bonds is 3. The molecule has 4 aliphatic rings. The first kappa shape index (κ1) is 27.3. The first-order valence-corrected chi connectivity index (χ1v) is 14.3. The highest BCUT2D eigenvalue weighted by Gasteiger charge is 2.54. The van der Waals surface area contributed by atoms with E-state index in [9.17, 15) is 9.90 Å². The summed E-state index contributed by atoms with van der Waals surface area (Å²) in [7, 11) is 1.42. The monoisotopic (exact) mass is 588 g/mol. The Morgan fingerprint density at radius 1 is 1.23 bits per heavy atom.